The van der Waals surface area contributed by atoms with Crippen molar-refractivity contribution in [3.63, 3.8) is 0 Å². The molecule has 2 atom stereocenters. The molecule has 3 aromatic carbocycles. The standard InChI is InChI=1S/C24H24N2O3/c27-18(16-29-22-12-5-8-17-7-1-2-9-19(17)22)15-26-21-11-4-3-10-20(21)25-24(26)23-13-6-14-28-23/h1-5,7-12,18,23,27H,6,13-16H2. The molecule has 1 aliphatic rings. The first-order chi connectivity index (χ1) is 14.3. The summed E-state index contributed by atoms with van der Waals surface area (Å²) in [7, 11) is 0. The summed E-state index contributed by atoms with van der Waals surface area (Å²) in [6.45, 7) is 1.40. The second-order valence-corrected chi connectivity index (χ2v) is 7.51. The zero-order valence-corrected chi connectivity index (χ0v) is 16.2. The van der Waals surface area contributed by atoms with Crippen LogP contribution in [-0.4, -0.2) is 34.0 Å². The van der Waals surface area contributed by atoms with Gasteiger partial charge in [0.25, 0.3) is 0 Å². The van der Waals surface area contributed by atoms with Gasteiger partial charge in [-0.1, -0.05) is 48.5 Å². The maximum atomic E-state index is 10.8. The molecule has 0 bridgehead atoms. The minimum Gasteiger partial charge on any atom is -0.490 e. The molecule has 1 N–H and O–H groups in total. The maximum Gasteiger partial charge on any atom is 0.139 e. The number of hydrogen-bond acceptors (Lipinski definition) is 4. The Morgan fingerprint density at radius 2 is 1.90 bits per heavy atom. The van der Waals surface area contributed by atoms with Crippen LogP contribution < -0.4 is 4.74 Å². The number of para-hydroxylation sites is 2. The van der Waals surface area contributed by atoms with Gasteiger partial charge in [-0.15, -0.1) is 0 Å². The molecule has 1 aromatic heterocycles. The van der Waals surface area contributed by atoms with Gasteiger partial charge in [-0.3, -0.25) is 0 Å². The average molecular weight is 388 g/mol. The number of ether oxygens (including phenoxy) is 2. The predicted molar refractivity (Wildman–Crippen MR) is 113 cm³/mol. The van der Waals surface area contributed by atoms with Gasteiger partial charge in [-0.2, -0.15) is 0 Å². The van der Waals surface area contributed by atoms with Crippen LogP contribution in [0.25, 0.3) is 21.8 Å². The van der Waals surface area contributed by atoms with Crippen LogP contribution in [0.1, 0.15) is 24.8 Å². The number of benzene rings is 3. The average Bonchev–Trinajstić information content (AvgIpc) is 3.41. The normalized spacial score (nSPS) is 17.8. The summed E-state index contributed by atoms with van der Waals surface area (Å²) in [5, 5.41) is 12.9. The van der Waals surface area contributed by atoms with Crippen molar-refractivity contribution in [2.45, 2.75) is 31.6 Å². The number of rotatable bonds is 6. The molecule has 1 saturated heterocycles. The van der Waals surface area contributed by atoms with Crippen molar-refractivity contribution in [1.29, 1.82) is 0 Å². The van der Waals surface area contributed by atoms with Crippen molar-refractivity contribution in [2.75, 3.05) is 13.2 Å². The lowest BCUT2D eigenvalue weighted by molar-refractivity contribution is 0.0810. The van der Waals surface area contributed by atoms with Crippen molar-refractivity contribution >= 4 is 21.8 Å². The molecule has 148 valence electrons. The molecule has 4 aromatic rings. The van der Waals surface area contributed by atoms with E-state index in [1.165, 1.54) is 0 Å². The number of aromatic nitrogens is 2. The first kappa shape index (κ1) is 18.2. The summed E-state index contributed by atoms with van der Waals surface area (Å²) in [5.74, 6) is 1.69. The van der Waals surface area contributed by atoms with Crippen LogP contribution in [0.5, 0.6) is 5.75 Å². The Morgan fingerprint density at radius 3 is 2.79 bits per heavy atom. The summed E-state index contributed by atoms with van der Waals surface area (Å²) in [5.41, 5.74) is 1.95. The fraction of sp³-hybridized carbons (Fsp3) is 0.292. The topological polar surface area (TPSA) is 56.5 Å². The van der Waals surface area contributed by atoms with Gasteiger partial charge in [0.1, 0.15) is 30.4 Å². The molecule has 0 amide bonds. The van der Waals surface area contributed by atoms with E-state index < -0.39 is 6.10 Å². The van der Waals surface area contributed by atoms with E-state index in [4.69, 9.17) is 14.5 Å². The van der Waals surface area contributed by atoms with Gasteiger partial charge in [-0.05, 0) is 36.4 Å². The molecule has 0 spiro atoms. The lowest BCUT2D eigenvalue weighted by Crippen LogP contribution is -2.25. The zero-order valence-electron chi connectivity index (χ0n) is 16.2. The number of nitrogens with zero attached hydrogens (tertiary/aromatic N) is 2. The molecule has 2 unspecified atom stereocenters. The molecule has 0 radical (unpaired) electrons. The van der Waals surface area contributed by atoms with E-state index in [0.717, 1.165) is 52.8 Å². The van der Waals surface area contributed by atoms with Gasteiger partial charge in [0.15, 0.2) is 0 Å². The van der Waals surface area contributed by atoms with E-state index in [2.05, 4.69) is 16.7 Å². The Labute approximate surface area is 169 Å². The Kier molecular flexibility index (Phi) is 4.92. The summed E-state index contributed by atoms with van der Waals surface area (Å²) >= 11 is 0. The Balaban J connectivity index is 1.37. The first-order valence-corrected chi connectivity index (χ1v) is 10.1. The van der Waals surface area contributed by atoms with Gasteiger partial charge in [0, 0.05) is 12.0 Å². The predicted octanol–water partition coefficient (Wildman–Crippen LogP) is 4.48. The van der Waals surface area contributed by atoms with Crippen molar-refractivity contribution in [2.24, 2.45) is 0 Å². The molecule has 5 heteroatoms. The lowest BCUT2D eigenvalue weighted by Gasteiger charge is -2.18. The van der Waals surface area contributed by atoms with Crippen molar-refractivity contribution in [3.05, 3.63) is 72.6 Å². The molecule has 5 nitrogen and oxygen atoms in total. The summed E-state index contributed by atoms with van der Waals surface area (Å²) in [6.07, 6.45) is 1.34. The molecule has 1 aliphatic heterocycles. The number of fused-ring (bicyclic) bond motifs is 2. The lowest BCUT2D eigenvalue weighted by atomic mass is 10.1. The van der Waals surface area contributed by atoms with E-state index in [-0.39, 0.29) is 12.7 Å². The van der Waals surface area contributed by atoms with Crippen LogP contribution in [0.4, 0.5) is 0 Å². The largest absolute Gasteiger partial charge is 0.490 e. The van der Waals surface area contributed by atoms with Gasteiger partial charge in [-0.25, -0.2) is 4.98 Å². The van der Waals surface area contributed by atoms with E-state index >= 15 is 0 Å². The highest BCUT2D eigenvalue weighted by atomic mass is 16.5. The second kappa shape index (κ2) is 7.85. The fourth-order valence-corrected chi connectivity index (χ4v) is 4.08. The van der Waals surface area contributed by atoms with Gasteiger partial charge in [0.05, 0.1) is 17.6 Å². The minimum absolute atomic E-state index is 0.00594. The van der Waals surface area contributed by atoms with Gasteiger partial charge >= 0.3 is 0 Å². The molecule has 29 heavy (non-hydrogen) atoms. The van der Waals surface area contributed by atoms with Crippen LogP contribution in [-0.2, 0) is 11.3 Å². The van der Waals surface area contributed by atoms with Crippen molar-refractivity contribution < 1.29 is 14.6 Å². The van der Waals surface area contributed by atoms with Crippen LogP contribution in [0, 0.1) is 0 Å². The van der Waals surface area contributed by atoms with Crippen LogP contribution in [0.3, 0.4) is 0 Å². The van der Waals surface area contributed by atoms with Crippen LogP contribution >= 0.6 is 0 Å². The molecule has 0 saturated carbocycles. The number of imidazole rings is 1. The Bertz CT molecular complexity index is 1130. The zero-order chi connectivity index (χ0) is 19.6. The second-order valence-electron chi connectivity index (χ2n) is 7.51. The molecule has 0 aliphatic carbocycles. The third-order valence-corrected chi connectivity index (χ3v) is 5.48. The van der Waals surface area contributed by atoms with Crippen molar-refractivity contribution in [3.8, 4) is 5.75 Å². The molecule has 5 rings (SSSR count). The van der Waals surface area contributed by atoms with E-state index in [1.54, 1.807) is 0 Å². The van der Waals surface area contributed by atoms with Crippen molar-refractivity contribution in [1.82, 2.24) is 9.55 Å². The smallest absolute Gasteiger partial charge is 0.139 e. The van der Waals surface area contributed by atoms with Crippen LogP contribution in [0.2, 0.25) is 0 Å². The summed E-state index contributed by atoms with van der Waals surface area (Å²) in [4.78, 5) is 4.79. The molecular weight excluding hydrogens is 364 g/mol. The summed E-state index contributed by atoms with van der Waals surface area (Å²) < 4.78 is 14.0. The van der Waals surface area contributed by atoms with E-state index in [1.807, 2.05) is 54.6 Å². The van der Waals surface area contributed by atoms with Gasteiger partial charge in [0.2, 0.25) is 0 Å². The molecular formula is C24H24N2O3. The SMILES string of the molecule is OC(COc1cccc2ccccc12)Cn1c(C2CCCO2)nc2ccccc21. The highest BCUT2D eigenvalue weighted by molar-refractivity contribution is 5.88. The Hall–Kier alpha value is -2.89. The van der Waals surface area contributed by atoms with E-state index in [0.29, 0.717) is 6.54 Å². The monoisotopic (exact) mass is 388 g/mol. The maximum absolute atomic E-state index is 10.8. The third-order valence-electron chi connectivity index (χ3n) is 5.48. The minimum atomic E-state index is -0.660. The highest BCUT2D eigenvalue weighted by Gasteiger charge is 2.25. The molecule has 1 fully saturated rings. The fourth-order valence-electron chi connectivity index (χ4n) is 4.08. The van der Waals surface area contributed by atoms with E-state index in [9.17, 15) is 5.11 Å². The van der Waals surface area contributed by atoms with Gasteiger partial charge < -0.3 is 19.1 Å². The number of aliphatic hydroxyl groups is 1. The first-order valence-electron chi connectivity index (χ1n) is 10.1. The Morgan fingerprint density at radius 1 is 1.07 bits per heavy atom. The summed E-state index contributed by atoms with van der Waals surface area (Å²) in [6, 6.07) is 22.1. The third kappa shape index (κ3) is 3.59. The number of hydrogen-bond donors (Lipinski definition) is 1. The molecule has 2 heterocycles. The van der Waals surface area contributed by atoms with Crippen LogP contribution in [0.15, 0.2) is 66.7 Å². The highest BCUT2D eigenvalue weighted by Crippen LogP contribution is 2.31. The number of aliphatic hydroxyl groups excluding tert-OH is 1. The quantitative estimate of drug-likeness (QED) is 0.529.